The minimum absolute atomic E-state index is 0.00248. The lowest BCUT2D eigenvalue weighted by molar-refractivity contribution is 0.0474. The van der Waals surface area contributed by atoms with Gasteiger partial charge in [0.2, 0.25) is 0 Å². The summed E-state index contributed by atoms with van der Waals surface area (Å²) in [6, 6.07) is 21.2. The molecular weight excluding hydrogens is 613 g/mol. The minimum Gasteiger partial charge on any atom is -0.495 e. The van der Waals surface area contributed by atoms with Crippen LogP contribution in [0, 0.1) is 0 Å². The zero-order chi connectivity index (χ0) is 29.7. The first-order valence-electron chi connectivity index (χ1n) is 11.8. The summed E-state index contributed by atoms with van der Waals surface area (Å²) >= 11 is 18.5. The summed E-state index contributed by atoms with van der Waals surface area (Å²) < 4.78 is 44.3. The van der Waals surface area contributed by atoms with Crippen molar-refractivity contribution in [3.05, 3.63) is 105 Å². The van der Waals surface area contributed by atoms with Gasteiger partial charge in [-0.25, -0.2) is 13.2 Å². The van der Waals surface area contributed by atoms with Gasteiger partial charge in [0, 0.05) is 11.6 Å². The van der Waals surface area contributed by atoms with Gasteiger partial charge in [-0.15, -0.1) is 0 Å². The average Bonchev–Trinajstić information content (AvgIpc) is 2.96. The molecule has 4 rings (SSSR count). The Labute approximate surface area is 251 Å². The van der Waals surface area contributed by atoms with E-state index in [4.69, 9.17) is 49.0 Å². The number of carbonyl (C=O) groups is 2. The topological polar surface area (TPSA) is 108 Å². The molecule has 41 heavy (non-hydrogen) atoms. The molecule has 0 fully saturated rings. The quantitative estimate of drug-likeness (QED) is 0.146. The first-order chi connectivity index (χ1) is 19.5. The van der Waals surface area contributed by atoms with Crippen molar-refractivity contribution in [1.29, 1.82) is 0 Å². The van der Waals surface area contributed by atoms with Crippen LogP contribution in [-0.2, 0) is 14.8 Å². The first kappa shape index (κ1) is 30.2. The van der Waals surface area contributed by atoms with Gasteiger partial charge in [-0.1, -0.05) is 89.4 Å². The van der Waals surface area contributed by atoms with Crippen molar-refractivity contribution in [3.63, 3.8) is 0 Å². The van der Waals surface area contributed by atoms with Crippen LogP contribution in [0.15, 0.2) is 83.8 Å². The maximum atomic E-state index is 13.2. The SMILES string of the molecule is COc1cc(OC)c(NS(=O)(=O)c2cc(C(=O)OCC(=O)c3ccc(-c4ccccc4)cc3)c(Cl)cc2Cl)cc1Cl. The molecule has 0 atom stereocenters. The molecule has 0 bridgehead atoms. The second-order valence-corrected chi connectivity index (χ2v) is 11.4. The van der Waals surface area contributed by atoms with Gasteiger partial charge in [0.05, 0.1) is 40.5 Å². The fraction of sp³-hybridized carbons (Fsp3) is 0.103. The molecule has 0 heterocycles. The minimum atomic E-state index is -4.38. The van der Waals surface area contributed by atoms with Crippen LogP contribution in [0.2, 0.25) is 15.1 Å². The number of anilines is 1. The molecule has 4 aromatic carbocycles. The molecule has 0 aliphatic rings. The zero-order valence-corrected chi connectivity index (χ0v) is 24.7. The monoisotopic (exact) mass is 633 g/mol. The van der Waals surface area contributed by atoms with Crippen LogP contribution in [-0.4, -0.2) is 41.0 Å². The van der Waals surface area contributed by atoms with Gasteiger partial charge < -0.3 is 14.2 Å². The number of halogens is 3. The summed E-state index contributed by atoms with van der Waals surface area (Å²) in [6.07, 6.45) is 0. The lowest BCUT2D eigenvalue weighted by Crippen LogP contribution is -2.17. The van der Waals surface area contributed by atoms with E-state index in [9.17, 15) is 18.0 Å². The van der Waals surface area contributed by atoms with E-state index < -0.39 is 33.3 Å². The Bertz CT molecular complexity index is 1710. The Kier molecular flexibility index (Phi) is 9.45. The number of hydrogen-bond acceptors (Lipinski definition) is 7. The predicted molar refractivity (Wildman–Crippen MR) is 158 cm³/mol. The molecule has 8 nitrogen and oxygen atoms in total. The van der Waals surface area contributed by atoms with Crippen LogP contribution in [0.4, 0.5) is 5.69 Å². The van der Waals surface area contributed by atoms with Crippen LogP contribution in [0.1, 0.15) is 20.7 Å². The Morgan fingerprint density at radius 1 is 0.756 bits per heavy atom. The average molecular weight is 635 g/mol. The van der Waals surface area contributed by atoms with E-state index in [0.29, 0.717) is 5.56 Å². The fourth-order valence-corrected chi connectivity index (χ4v) is 5.96. The predicted octanol–water partition coefficient (Wildman–Crippen LogP) is 7.17. The largest absolute Gasteiger partial charge is 0.495 e. The van der Waals surface area contributed by atoms with Gasteiger partial charge in [0.15, 0.2) is 12.4 Å². The standard InChI is InChI=1S/C29H22Cl3NO7S/c1-38-26-15-27(39-2)24(14-22(26)31)33-41(36,37)28-12-20(21(30)13-23(28)32)29(35)40-16-25(34)19-10-8-18(9-11-19)17-6-4-3-5-7-17/h3-15,33H,16H2,1-2H3. The highest BCUT2D eigenvalue weighted by Crippen LogP contribution is 2.38. The normalized spacial score (nSPS) is 11.0. The number of ketones is 1. The van der Waals surface area contributed by atoms with Gasteiger partial charge in [-0.3, -0.25) is 9.52 Å². The molecule has 12 heteroatoms. The van der Waals surface area contributed by atoms with Crippen molar-refractivity contribution < 1.29 is 32.2 Å². The molecule has 0 spiro atoms. The third-order valence-corrected chi connectivity index (χ3v) is 8.34. The Morgan fingerprint density at radius 2 is 1.39 bits per heavy atom. The summed E-state index contributed by atoms with van der Waals surface area (Å²) in [7, 11) is -1.65. The highest BCUT2D eigenvalue weighted by molar-refractivity contribution is 7.92. The number of nitrogens with one attached hydrogen (secondary N) is 1. The Morgan fingerprint density at radius 3 is 2.02 bits per heavy atom. The lowest BCUT2D eigenvalue weighted by atomic mass is 10.0. The van der Waals surface area contributed by atoms with Gasteiger partial charge in [0.1, 0.15) is 16.4 Å². The van der Waals surface area contributed by atoms with Crippen molar-refractivity contribution in [2.45, 2.75) is 4.90 Å². The van der Waals surface area contributed by atoms with E-state index in [2.05, 4.69) is 4.72 Å². The van der Waals surface area contributed by atoms with Crippen molar-refractivity contribution in [1.82, 2.24) is 0 Å². The van der Waals surface area contributed by atoms with Crippen LogP contribution in [0.3, 0.4) is 0 Å². The van der Waals surface area contributed by atoms with Gasteiger partial charge in [-0.05, 0) is 29.3 Å². The number of methoxy groups -OCH3 is 2. The first-order valence-corrected chi connectivity index (χ1v) is 14.4. The van der Waals surface area contributed by atoms with E-state index in [0.717, 1.165) is 23.3 Å². The second-order valence-electron chi connectivity index (χ2n) is 8.50. The third-order valence-electron chi connectivity index (χ3n) is 5.90. The number of ether oxygens (including phenoxy) is 3. The van der Waals surface area contributed by atoms with Crippen LogP contribution in [0.5, 0.6) is 11.5 Å². The maximum absolute atomic E-state index is 13.2. The second kappa shape index (κ2) is 12.8. The molecule has 0 saturated heterocycles. The highest BCUT2D eigenvalue weighted by Gasteiger charge is 2.25. The number of carbonyl (C=O) groups excluding carboxylic acids is 2. The maximum Gasteiger partial charge on any atom is 0.340 e. The molecule has 0 radical (unpaired) electrons. The van der Waals surface area contributed by atoms with Crippen LogP contribution < -0.4 is 14.2 Å². The molecule has 0 aromatic heterocycles. The number of benzene rings is 4. The van der Waals surface area contributed by atoms with Gasteiger partial charge in [0.25, 0.3) is 10.0 Å². The summed E-state index contributed by atoms with van der Waals surface area (Å²) in [5.74, 6) is -1.08. The number of hydrogen-bond donors (Lipinski definition) is 1. The third kappa shape index (κ3) is 6.94. The van der Waals surface area contributed by atoms with Crippen molar-refractivity contribution in [2.24, 2.45) is 0 Å². The van der Waals surface area contributed by atoms with Crippen LogP contribution >= 0.6 is 34.8 Å². The van der Waals surface area contributed by atoms with E-state index in [1.165, 1.54) is 26.4 Å². The summed E-state index contributed by atoms with van der Waals surface area (Å²) in [4.78, 5) is 25.0. The molecule has 0 aliphatic carbocycles. The van der Waals surface area contributed by atoms with Crippen molar-refractivity contribution in [3.8, 4) is 22.6 Å². The lowest BCUT2D eigenvalue weighted by Gasteiger charge is -2.15. The molecule has 212 valence electrons. The Hall–Kier alpha value is -3.76. The highest BCUT2D eigenvalue weighted by atomic mass is 35.5. The summed E-state index contributed by atoms with van der Waals surface area (Å²) in [5, 5.41) is -0.298. The fourth-order valence-electron chi connectivity index (χ4n) is 3.80. The molecule has 4 aromatic rings. The van der Waals surface area contributed by atoms with Gasteiger partial charge >= 0.3 is 5.97 Å². The number of rotatable bonds is 10. The molecule has 0 unspecified atom stereocenters. The smallest absolute Gasteiger partial charge is 0.340 e. The van der Waals surface area contributed by atoms with E-state index >= 15 is 0 Å². The van der Waals surface area contributed by atoms with Crippen molar-refractivity contribution >= 4 is 62.3 Å². The Balaban J connectivity index is 1.51. The number of Topliss-reactive ketones (excluding diaryl/α,β-unsaturated/α-hetero) is 1. The van der Waals surface area contributed by atoms with E-state index in [1.807, 2.05) is 30.3 Å². The van der Waals surface area contributed by atoms with E-state index in [-0.39, 0.29) is 37.8 Å². The number of sulfonamides is 1. The molecule has 0 aliphatic heterocycles. The van der Waals surface area contributed by atoms with Gasteiger partial charge in [-0.2, -0.15) is 0 Å². The molecule has 0 saturated carbocycles. The number of esters is 1. The van der Waals surface area contributed by atoms with Crippen LogP contribution in [0.25, 0.3) is 11.1 Å². The zero-order valence-electron chi connectivity index (χ0n) is 21.6. The summed E-state index contributed by atoms with van der Waals surface area (Å²) in [6.45, 7) is -0.593. The molecule has 0 amide bonds. The van der Waals surface area contributed by atoms with E-state index in [1.54, 1.807) is 24.3 Å². The summed E-state index contributed by atoms with van der Waals surface area (Å²) in [5.41, 5.74) is 1.94. The molecular formula is C29H22Cl3NO7S. The molecule has 1 N–H and O–H groups in total. The van der Waals surface area contributed by atoms with Crippen molar-refractivity contribution in [2.75, 3.05) is 25.5 Å².